The van der Waals surface area contributed by atoms with Gasteiger partial charge in [-0.1, -0.05) is 23.7 Å². The summed E-state index contributed by atoms with van der Waals surface area (Å²) in [4.78, 5) is 15.0. The van der Waals surface area contributed by atoms with E-state index in [1.165, 1.54) is 5.56 Å². The number of amides is 1. The zero-order chi connectivity index (χ0) is 25.5. The number of aromatic nitrogens is 1. The van der Waals surface area contributed by atoms with E-state index in [1.54, 1.807) is 7.11 Å². The summed E-state index contributed by atoms with van der Waals surface area (Å²) in [5.74, 6) is 0.455. The molecule has 0 radical (unpaired) electrons. The zero-order valence-corrected chi connectivity index (χ0v) is 22.3. The van der Waals surface area contributed by atoms with Crippen LogP contribution in [0.3, 0.4) is 0 Å². The highest BCUT2D eigenvalue weighted by Crippen LogP contribution is 2.41. The van der Waals surface area contributed by atoms with Gasteiger partial charge in [0.05, 0.1) is 26.4 Å². The molecule has 1 aliphatic heterocycles. The first kappa shape index (κ1) is 26.6. The monoisotopic (exact) mass is 533 g/mol. The molecule has 0 fully saturated rings. The van der Waals surface area contributed by atoms with Gasteiger partial charge in [0.15, 0.2) is 0 Å². The summed E-state index contributed by atoms with van der Waals surface area (Å²) in [5.41, 5.74) is 5.41. The van der Waals surface area contributed by atoms with Gasteiger partial charge in [-0.3, -0.25) is 4.90 Å². The lowest BCUT2D eigenvalue weighted by Crippen LogP contribution is -2.41. The lowest BCUT2D eigenvalue weighted by atomic mass is 9.92. The fourth-order valence-corrected chi connectivity index (χ4v) is 5.04. The SMILES string of the molecule is COCCOCCNc1ccc(C2c3c(c4cc(Cl)ccc4n3C)CCN2C(=O)OCCCCl)cc1. The van der Waals surface area contributed by atoms with Crippen molar-refractivity contribution in [3.63, 3.8) is 0 Å². The van der Waals surface area contributed by atoms with Crippen LogP contribution in [0.25, 0.3) is 10.9 Å². The number of ether oxygens (including phenoxy) is 3. The molecule has 0 spiro atoms. The average Bonchev–Trinajstić information content (AvgIpc) is 3.17. The van der Waals surface area contributed by atoms with E-state index in [0.29, 0.717) is 56.8 Å². The van der Waals surface area contributed by atoms with E-state index >= 15 is 0 Å². The molecule has 0 bridgehead atoms. The van der Waals surface area contributed by atoms with Crippen LogP contribution in [0.2, 0.25) is 5.02 Å². The molecule has 0 saturated heterocycles. The maximum atomic E-state index is 13.2. The number of anilines is 1. The van der Waals surface area contributed by atoms with Gasteiger partial charge in [-0.25, -0.2) is 4.79 Å². The van der Waals surface area contributed by atoms with Crippen molar-refractivity contribution in [2.24, 2.45) is 7.05 Å². The van der Waals surface area contributed by atoms with Crippen molar-refractivity contribution in [1.82, 2.24) is 9.47 Å². The number of rotatable bonds is 11. The largest absolute Gasteiger partial charge is 0.449 e. The second kappa shape index (κ2) is 12.7. The summed E-state index contributed by atoms with van der Waals surface area (Å²) in [6.07, 6.45) is 1.03. The lowest BCUT2D eigenvalue weighted by Gasteiger charge is -2.36. The minimum Gasteiger partial charge on any atom is -0.449 e. The van der Waals surface area contributed by atoms with Crippen LogP contribution in [-0.4, -0.2) is 68.1 Å². The first-order valence-corrected chi connectivity index (χ1v) is 13.1. The number of benzene rings is 2. The summed E-state index contributed by atoms with van der Waals surface area (Å²) in [7, 11) is 3.70. The molecular weight excluding hydrogens is 501 g/mol. The molecule has 2 aromatic carbocycles. The van der Waals surface area contributed by atoms with Crippen LogP contribution < -0.4 is 5.32 Å². The van der Waals surface area contributed by atoms with Crippen molar-refractivity contribution >= 4 is 45.9 Å². The summed E-state index contributed by atoms with van der Waals surface area (Å²) < 4.78 is 18.3. The number of hydrogen-bond acceptors (Lipinski definition) is 5. The fourth-order valence-electron chi connectivity index (χ4n) is 4.76. The Morgan fingerprint density at radius 3 is 2.67 bits per heavy atom. The van der Waals surface area contributed by atoms with E-state index < -0.39 is 0 Å². The summed E-state index contributed by atoms with van der Waals surface area (Å²) in [6, 6.07) is 13.9. The molecule has 1 aromatic heterocycles. The summed E-state index contributed by atoms with van der Waals surface area (Å²) >= 11 is 12.1. The molecule has 9 heteroatoms. The molecular formula is C27H33Cl2N3O4. The van der Waals surface area contributed by atoms with Crippen molar-refractivity contribution in [3.8, 4) is 0 Å². The molecule has 194 valence electrons. The topological polar surface area (TPSA) is 65.0 Å². The normalized spacial score (nSPS) is 15.2. The number of aryl methyl sites for hydroxylation is 1. The number of nitrogens with one attached hydrogen (secondary N) is 1. The number of hydrogen-bond donors (Lipinski definition) is 1. The van der Waals surface area contributed by atoms with E-state index in [4.69, 9.17) is 37.4 Å². The van der Waals surface area contributed by atoms with Crippen LogP contribution in [0.1, 0.15) is 29.3 Å². The highest BCUT2D eigenvalue weighted by molar-refractivity contribution is 6.31. The third-order valence-corrected chi connectivity index (χ3v) is 6.96. The smallest absolute Gasteiger partial charge is 0.410 e. The molecule has 36 heavy (non-hydrogen) atoms. The number of carbonyl (C=O) groups is 1. The van der Waals surface area contributed by atoms with Gasteiger partial charge in [-0.2, -0.15) is 0 Å². The van der Waals surface area contributed by atoms with Gasteiger partial charge in [0.2, 0.25) is 0 Å². The molecule has 7 nitrogen and oxygen atoms in total. The minimum absolute atomic E-state index is 0.278. The van der Waals surface area contributed by atoms with Gasteiger partial charge in [-0.15, -0.1) is 11.6 Å². The molecule has 0 saturated carbocycles. The van der Waals surface area contributed by atoms with Gasteiger partial charge in [0, 0.05) is 60.4 Å². The quantitative estimate of drug-likeness (QED) is 0.256. The summed E-state index contributed by atoms with van der Waals surface area (Å²) in [5, 5.41) is 5.21. The van der Waals surface area contributed by atoms with Crippen LogP contribution in [0.5, 0.6) is 0 Å². The Balaban J connectivity index is 1.61. The van der Waals surface area contributed by atoms with Crippen molar-refractivity contribution in [3.05, 3.63) is 64.3 Å². The van der Waals surface area contributed by atoms with Gasteiger partial charge < -0.3 is 24.1 Å². The van der Waals surface area contributed by atoms with Gasteiger partial charge in [0.25, 0.3) is 0 Å². The van der Waals surface area contributed by atoms with E-state index in [9.17, 15) is 4.79 Å². The van der Waals surface area contributed by atoms with Crippen LogP contribution in [0.15, 0.2) is 42.5 Å². The van der Waals surface area contributed by atoms with Crippen LogP contribution in [-0.2, 0) is 27.7 Å². The molecule has 3 aromatic rings. The first-order valence-electron chi connectivity index (χ1n) is 12.2. The fraction of sp³-hybridized carbons (Fsp3) is 0.444. The molecule has 2 heterocycles. The van der Waals surface area contributed by atoms with Crippen molar-refractivity contribution < 1.29 is 19.0 Å². The third-order valence-electron chi connectivity index (χ3n) is 6.46. The number of carbonyl (C=O) groups excluding carboxylic acids is 1. The molecule has 1 N–H and O–H groups in total. The number of nitrogens with zero attached hydrogens (tertiary/aromatic N) is 2. The number of fused-ring (bicyclic) bond motifs is 3. The van der Waals surface area contributed by atoms with Crippen molar-refractivity contribution in [1.29, 1.82) is 0 Å². The molecule has 1 amide bonds. The average molecular weight is 534 g/mol. The third kappa shape index (κ3) is 5.92. The Kier molecular flexibility index (Phi) is 9.37. The lowest BCUT2D eigenvalue weighted by molar-refractivity contribution is 0.0759. The van der Waals surface area contributed by atoms with Gasteiger partial charge in [0.1, 0.15) is 6.04 Å². The van der Waals surface area contributed by atoms with E-state index in [2.05, 4.69) is 22.0 Å². The predicted octanol–water partition coefficient (Wildman–Crippen LogP) is 5.62. The molecule has 4 rings (SSSR count). The minimum atomic E-state index is -0.325. The Morgan fingerprint density at radius 1 is 1.11 bits per heavy atom. The molecule has 1 unspecified atom stereocenters. The molecule has 1 aliphatic rings. The Morgan fingerprint density at radius 2 is 1.92 bits per heavy atom. The van der Waals surface area contributed by atoms with E-state index in [1.807, 2.05) is 42.3 Å². The van der Waals surface area contributed by atoms with Crippen LogP contribution in [0.4, 0.5) is 10.5 Å². The maximum absolute atomic E-state index is 13.2. The highest BCUT2D eigenvalue weighted by atomic mass is 35.5. The Hall–Kier alpha value is -2.45. The maximum Gasteiger partial charge on any atom is 0.410 e. The van der Waals surface area contributed by atoms with Crippen LogP contribution >= 0.6 is 23.2 Å². The van der Waals surface area contributed by atoms with Crippen molar-refractivity contribution in [2.75, 3.05) is 57.8 Å². The standard InChI is InChI=1S/C27H33Cl2N3O4/c1-31-24-9-6-20(29)18-23(24)22-10-13-32(27(33)36-14-3-11-28)25(26(22)31)19-4-7-21(8-5-19)30-12-15-35-17-16-34-2/h4-9,18,25,30H,3,10-17H2,1-2H3. The van der Waals surface area contributed by atoms with Gasteiger partial charge >= 0.3 is 6.09 Å². The second-order valence-corrected chi connectivity index (χ2v) is 9.56. The highest BCUT2D eigenvalue weighted by Gasteiger charge is 2.36. The van der Waals surface area contributed by atoms with Crippen molar-refractivity contribution in [2.45, 2.75) is 18.9 Å². The Bertz CT molecular complexity index is 1170. The Labute approximate surface area is 222 Å². The second-order valence-electron chi connectivity index (χ2n) is 8.74. The molecule has 1 atom stereocenters. The zero-order valence-electron chi connectivity index (χ0n) is 20.8. The summed E-state index contributed by atoms with van der Waals surface area (Å²) in [6.45, 7) is 3.31. The van der Waals surface area contributed by atoms with Crippen LogP contribution in [0, 0.1) is 0 Å². The number of methoxy groups -OCH3 is 1. The molecule has 0 aliphatic carbocycles. The number of alkyl halides is 1. The predicted molar refractivity (Wildman–Crippen MR) is 144 cm³/mol. The van der Waals surface area contributed by atoms with E-state index in [0.717, 1.165) is 34.3 Å². The number of halogens is 2. The van der Waals surface area contributed by atoms with Gasteiger partial charge in [-0.05, 0) is 54.3 Å². The first-order chi connectivity index (χ1) is 17.5. The van der Waals surface area contributed by atoms with E-state index in [-0.39, 0.29) is 12.1 Å².